The van der Waals surface area contributed by atoms with Gasteiger partial charge in [-0.05, 0) is 19.5 Å². The quantitative estimate of drug-likeness (QED) is 0.683. The molecule has 0 aliphatic heterocycles. The number of hydrogen-bond donors (Lipinski definition) is 0. The zero-order valence-electron chi connectivity index (χ0n) is 9.15. The molecule has 1 nitrogen and oxygen atoms in total. The first-order valence-electron chi connectivity index (χ1n) is 4.99. The molecule has 80 valence electrons. The van der Waals surface area contributed by atoms with E-state index in [9.17, 15) is 4.39 Å². The standard InChI is InChI=1S/C13H16FN/c1-4-10-15(3)11(2)13(14)12-8-6-5-7-9-12/h1,5-9,11,13H,10H2,2-3H3/t11-,13?/m0/s1. The van der Waals surface area contributed by atoms with E-state index in [-0.39, 0.29) is 6.04 Å². The summed E-state index contributed by atoms with van der Waals surface area (Å²) in [6.07, 6.45) is 4.20. The van der Waals surface area contributed by atoms with E-state index in [1.807, 2.05) is 37.1 Å². The van der Waals surface area contributed by atoms with Crippen LogP contribution in [0.5, 0.6) is 0 Å². The Balaban J connectivity index is 2.69. The van der Waals surface area contributed by atoms with Crippen LogP contribution < -0.4 is 0 Å². The van der Waals surface area contributed by atoms with E-state index in [4.69, 9.17) is 6.42 Å². The van der Waals surface area contributed by atoms with Gasteiger partial charge < -0.3 is 0 Å². The maximum Gasteiger partial charge on any atom is 0.140 e. The largest absolute Gasteiger partial charge is 0.289 e. The molecule has 1 rings (SSSR count). The fourth-order valence-corrected chi connectivity index (χ4v) is 1.43. The second kappa shape index (κ2) is 5.53. The van der Waals surface area contributed by atoms with Crippen LogP contribution in [0.3, 0.4) is 0 Å². The molecular formula is C13H16FN. The summed E-state index contributed by atoms with van der Waals surface area (Å²) >= 11 is 0. The minimum Gasteiger partial charge on any atom is -0.289 e. The summed E-state index contributed by atoms with van der Waals surface area (Å²) in [6, 6.07) is 8.96. The SMILES string of the molecule is C#CCN(C)[C@@H](C)C(F)c1ccccc1. The van der Waals surface area contributed by atoms with Gasteiger partial charge in [-0.25, -0.2) is 4.39 Å². The molecule has 0 heterocycles. The first-order valence-corrected chi connectivity index (χ1v) is 4.99. The van der Waals surface area contributed by atoms with Crippen LogP contribution in [0.15, 0.2) is 30.3 Å². The molecule has 0 radical (unpaired) electrons. The number of likely N-dealkylation sites (N-methyl/N-ethyl adjacent to an activating group) is 1. The van der Waals surface area contributed by atoms with Crippen LogP contribution in [0.2, 0.25) is 0 Å². The number of halogens is 1. The summed E-state index contributed by atoms with van der Waals surface area (Å²) in [6.45, 7) is 2.31. The molecule has 2 atom stereocenters. The van der Waals surface area contributed by atoms with Crippen molar-refractivity contribution in [3.63, 3.8) is 0 Å². The lowest BCUT2D eigenvalue weighted by Crippen LogP contribution is -2.33. The highest BCUT2D eigenvalue weighted by molar-refractivity contribution is 5.18. The zero-order chi connectivity index (χ0) is 11.3. The van der Waals surface area contributed by atoms with E-state index in [1.54, 1.807) is 12.1 Å². The Hall–Kier alpha value is -1.33. The van der Waals surface area contributed by atoms with Gasteiger partial charge in [0.05, 0.1) is 6.54 Å². The summed E-state index contributed by atoms with van der Waals surface area (Å²) in [4.78, 5) is 1.83. The second-order valence-corrected chi connectivity index (χ2v) is 3.67. The maximum atomic E-state index is 14.0. The van der Waals surface area contributed by atoms with Crippen molar-refractivity contribution in [1.29, 1.82) is 0 Å². The van der Waals surface area contributed by atoms with Crippen LogP contribution >= 0.6 is 0 Å². The Kier molecular flexibility index (Phi) is 4.33. The van der Waals surface area contributed by atoms with Crippen LogP contribution in [0.25, 0.3) is 0 Å². The molecule has 0 saturated heterocycles. The molecule has 0 saturated carbocycles. The fourth-order valence-electron chi connectivity index (χ4n) is 1.43. The number of alkyl halides is 1. The van der Waals surface area contributed by atoms with E-state index in [0.29, 0.717) is 12.1 Å². The highest BCUT2D eigenvalue weighted by atomic mass is 19.1. The van der Waals surface area contributed by atoms with Crippen molar-refractivity contribution in [3.8, 4) is 12.3 Å². The van der Waals surface area contributed by atoms with Crippen LogP contribution in [-0.4, -0.2) is 24.5 Å². The van der Waals surface area contributed by atoms with E-state index in [1.165, 1.54) is 0 Å². The predicted octanol–water partition coefficient (Wildman–Crippen LogP) is 2.65. The minimum absolute atomic E-state index is 0.205. The topological polar surface area (TPSA) is 3.24 Å². The van der Waals surface area contributed by atoms with Gasteiger partial charge in [0.1, 0.15) is 6.17 Å². The van der Waals surface area contributed by atoms with E-state index < -0.39 is 6.17 Å². The molecule has 0 bridgehead atoms. The summed E-state index contributed by atoms with van der Waals surface area (Å²) in [5, 5.41) is 0. The van der Waals surface area contributed by atoms with Crippen LogP contribution in [0.4, 0.5) is 4.39 Å². The molecular weight excluding hydrogens is 189 g/mol. The molecule has 0 aliphatic rings. The Morgan fingerprint density at radius 1 is 1.40 bits per heavy atom. The number of terminal acetylenes is 1. The van der Waals surface area contributed by atoms with Gasteiger partial charge in [0, 0.05) is 6.04 Å². The summed E-state index contributed by atoms with van der Waals surface area (Å²) < 4.78 is 14.0. The normalized spacial score (nSPS) is 14.6. The van der Waals surface area contributed by atoms with Crippen molar-refractivity contribution in [3.05, 3.63) is 35.9 Å². The van der Waals surface area contributed by atoms with Crippen molar-refractivity contribution in [2.45, 2.75) is 19.1 Å². The predicted molar refractivity (Wildman–Crippen MR) is 61.2 cm³/mol. The molecule has 0 spiro atoms. The van der Waals surface area contributed by atoms with E-state index in [0.717, 1.165) is 0 Å². The third kappa shape index (κ3) is 3.07. The lowest BCUT2D eigenvalue weighted by Gasteiger charge is -2.25. The van der Waals surface area contributed by atoms with Crippen LogP contribution in [-0.2, 0) is 0 Å². The summed E-state index contributed by atoms with van der Waals surface area (Å²) in [7, 11) is 1.83. The lowest BCUT2D eigenvalue weighted by molar-refractivity contribution is 0.162. The molecule has 0 fully saturated rings. The van der Waals surface area contributed by atoms with Crippen LogP contribution in [0.1, 0.15) is 18.7 Å². The molecule has 0 aliphatic carbocycles. The maximum absolute atomic E-state index is 14.0. The highest BCUT2D eigenvalue weighted by Gasteiger charge is 2.21. The number of nitrogens with zero attached hydrogens (tertiary/aromatic N) is 1. The zero-order valence-corrected chi connectivity index (χ0v) is 9.15. The highest BCUT2D eigenvalue weighted by Crippen LogP contribution is 2.23. The van der Waals surface area contributed by atoms with Gasteiger partial charge in [-0.2, -0.15) is 0 Å². The van der Waals surface area contributed by atoms with Gasteiger partial charge in [0.15, 0.2) is 0 Å². The minimum atomic E-state index is -0.996. The second-order valence-electron chi connectivity index (χ2n) is 3.67. The molecule has 15 heavy (non-hydrogen) atoms. The Bertz CT molecular complexity index is 328. The van der Waals surface area contributed by atoms with Gasteiger partial charge in [-0.3, -0.25) is 4.90 Å². The fraction of sp³-hybridized carbons (Fsp3) is 0.385. The van der Waals surface area contributed by atoms with Gasteiger partial charge in [-0.1, -0.05) is 36.3 Å². The molecule has 0 aromatic heterocycles. The molecule has 0 amide bonds. The lowest BCUT2D eigenvalue weighted by atomic mass is 10.0. The van der Waals surface area contributed by atoms with Crippen molar-refractivity contribution < 1.29 is 4.39 Å². The number of hydrogen-bond acceptors (Lipinski definition) is 1. The molecule has 1 aromatic rings. The van der Waals surface area contributed by atoms with E-state index in [2.05, 4.69) is 5.92 Å². The Morgan fingerprint density at radius 2 is 2.00 bits per heavy atom. The summed E-state index contributed by atoms with van der Waals surface area (Å²) in [5.41, 5.74) is 0.703. The summed E-state index contributed by atoms with van der Waals surface area (Å²) in [5.74, 6) is 2.51. The van der Waals surface area contributed by atoms with Crippen molar-refractivity contribution in [2.24, 2.45) is 0 Å². The van der Waals surface area contributed by atoms with Gasteiger partial charge in [-0.15, -0.1) is 6.42 Å². The van der Waals surface area contributed by atoms with Gasteiger partial charge >= 0.3 is 0 Å². The number of rotatable bonds is 4. The van der Waals surface area contributed by atoms with Gasteiger partial charge in [0.25, 0.3) is 0 Å². The van der Waals surface area contributed by atoms with E-state index >= 15 is 0 Å². The third-order valence-corrected chi connectivity index (χ3v) is 2.58. The molecule has 0 N–H and O–H groups in total. The van der Waals surface area contributed by atoms with Crippen LogP contribution in [0, 0.1) is 12.3 Å². The molecule has 1 aromatic carbocycles. The van der Waals surface area contributed by atoms with Crippen molar-refractivity contribution in [2.75, 3.05) is 13.6 Å². The Labute approximate surface area is 90.9 Å². The third-order valence-electron chi connectivity index (χ3n) is 2.58. The number of benzene rings is 1. The monoisotopic (exact) mass is 205 g/mol. The van der Waals surface area contributed by atoms with Gasteiger partial charge in [0.2, 0.25) is 0 Å². The average Bonchev–Trinajstić information content (AvgIpc) is 2.28. The Morgan fingerprint density at radius 3 is 2.53 bits per heavy atom. The van der Waals surface area contributed by atoms with Crippen molar-refractivity contribution in [1.82, 2.24) is 4.90 Å². The smallest absolute Gasteiger partial charge is 0.140 e. The first-order chi connectivity index (χ1) is 7.16. The first kappa shape index (κ1) is 11.7. The molecule has 2 heteroatoms. The average molecular weight is 205 g/mol. The van der Waals surface area contributed by atoms with Crippen molar-refractivity contribution >= 4 is 0 Å². The molecule has 1 unspecified atom stereocenters.